The Morgan fingerprint density at radius 3 is 3.05 bits per heavy atom. The number of nitrogen functional groups attached to an aromatic ring is 1. The van der Waals surface area contributed by atoms with Gasteiger partial charge in [0.15, 0.2) is 0 Å². The van der Waals surface area contributed by atoms with E-state index in [4.69, 9.17) is 19.9 Å². The molecule has 0 amide bonds. The third kappa shape index (κ3) is 2.89. The molecule has 0 aliphatic carbocycles. The maximum Gasteiger partial charge on any atom is 0.338 e. The molecule has 5 heteroatoms. The molecule has 3 rings (SSSR count). The van der Waals surface area contributed by atoms with Gasteiger partial charge in [-0.15, -0.1) is 0 Å². The molecule has 0 aromatic heterocycles. The van der Waals surface area contributed by atoms with Gasteiger partial charge in [-0.3, -0.25) is 0 Å². The molecule has 2 N–H and O–H groups in total. The van der Waals surface area contributed by atoms with Crippen LogP contribution in [0.2, 0.25) is 0 Å². The van der Waals surface area contributed by atoms with Crippen molar-refractivity contribution in [3.8, 4) is 0 Å². The van der Waals surface area contributed by atoms with E-state index < -0.39 is 0 Å². The van der Waals surface area contributed by atoms with E-state index in [1.807, 2.05) is 6.92 Å². The number of carbonyl (C=O) groups is 1. The molecule has 5 nitrogen and oxygen atoms in total. The summed E-state index contributed by atoms with van der Waals surface area (Å²) in [7, 11) is 0. The molecule has 0 radical (unpaired) electrons. The van der Waals surface area contributed by atoms with Crippen LogP contribution in [-0.4, -0.2) is 37.5 Å². The second-order valence-corrected chi connectivity index (χ2v) is 5.87. The summed E-state index contributed by atoms with van der Waals surface area (Å²) in [5, 5.41) is 0. The molecule has 2 aliphatic rings. The van der Waals surface area contributed by atoms with Gasteiger partial charge < -0.3 is 19.9 Å². The number of ether oxygens (including phenoxy) is 3. The summed E-state index contributed by atoms with van der Waals surface area (Å²) in [5.74, 6) is -0.305. The predicted molar refractivity (Wildman–Crippen MR) is 78.1 cm³/mol. The summed E-state index contributed by atoms with van der Waals surface area (Å²) in [6.07, 6.45) is 2.20. The van der Waals surface area contributed by atoms with Crippen molar-refractivity contribution in [3.05, 3.63) is 29.3 Å². The summed E-state index contributed by atoms with van der Waals surface area (Å²) < 4.78 is 16.9. The first-order valence-electron chi connectivity index (χ1n) is 7.37. The van der Waals surface area contributed by atoms with Crippen LogP contribution in [0, 0.1) is 6.92 Å². The number of anilines is 1. The molecule has 2 fully saturated rings. The molecule has 2 saturated heterocycles. The molecule has 0 bridgehead atoms. The lowest BCUT2D eigenvalue weighted by molar-refractivity contribution is -0.120. The highest BCUT2D eigenvalue weighted by molar-refractivity contribution is 5.92. The van der Waals surface area contributed by atoms with Gasteiger partial charge in [-0.05, 0) is 24.6 Å². The molecule has 2 heterocycles. The summed E-state index contributed by atoms with van der Waals surface area (Å²) in [6, 6.07) is 5.31. The predicted octanol–water partition coefficient (Wildman–Crippen LogP) is 2.07. The van der Waals surface area contributed by atoms with Gasteiger partial charge in [-0.1, -0.05) is 6.07 Å². The molecule has 1 aromatic carbocycles. The molecular weight excluding hydrogens is 270 g/mol. The van der Waals surface area contributed by atoms with Gasteiger partial charge in [-0.25, -0.2) is 4.79 Å². The van der Waals surface area contributed by atoms with Crippen LogP contribution in [-0.2, 0) is 14.2 Å². The topological polar surface area (TPSA) is 70.8 Å². The molecule has 2 aliphatic heterocycles. The minimum atomic E-state index is -0.305. The molecule has 0 saturated carbocycles. The lowest BCUT2D eigenvalue weighted by atomic mass is 9.91. The highest BCUT2D eigenvalue weighted by Crippen LogP contribution is 2.34. The average Bonchev–Trinajstić information content (AvgIpc) is 2.89. The van der Waals surface area contributed by atoms with Gasteiger partial charge in [0.2, 0.25) is 0 Å². The third-order valence-corrected chi connectivity index (χ3v) is 4.38. The van der Waals surface area contributed by atoms with Crippen LogP contribution < -0.4 is 5.73 Å². The Balaban J connectivity index is 1.68. The van der Waals surface area contributed by atoms with Crippen LogP contribution in [0.3, 0.4) is 0 Å². The lowest BCUT2D eigenvalue weighted by Crippen LogP contribution is -2.43. The van der Waals surface area contributed by atoms with Gasteiger partial charge in [-0.2, -0.15) is 0 Å². The standard InChI is InChI=1S/C16H21NO4/c1-11-13(3-2-4-14(11)17)15(18)21-12-5-7-20-16(9-12)6-8-19-10-16/h2-4,12H,5-10,17H2,1H3. The number of esters is 1. The molecule has 1 spiro atoms. The van der Waals surface area contributed by atoms with Crippen LogP contribution in [0.4, 0.5) is 5.69 Å². The fraction of sp³-hybridized carbons (Fsp3) is 0.562. The smallest absolute Gasteiger partial charge is 0.338 e. The van der Waals surface area contributed by atoms with Gasteiger partial charge in [0.05, 0.1) is 24.4 Å². The zero-order chi connectivity index (χ0) is 14.9. The van der Waals surface area contributed by atoms with Gasteiger partial charge in [0.1, 0.15) is 6.10 Å². The number of hydrogen-bond donors (Lipinski definition) is 1. The second kappa shape index (κ2) is 5.66. The van der Waals surface area contributed by atoms with Crippen molar-refractivity contribution in [1.29, 1.82) is 0 Å². The zero-order valence-electron chi connectivity index (χ0n) is 12.3. The van der Waals surface area contributed by atoms with Crippen molar-refractivity contribution >= 4 is 11.7 Å². The SMILES string of the molecule is Cc1c(N)cccc1C(=O)OC1CCOC2(CCOC2)C1. The van der Waals surface area contributed by atoms with Crippen LogP contribution in [0.5, 0.6) is 0 Å². The quantitative estimate of drug-likeness (QED) is 0.667. The molecule has 1 aromatic rings. The Bertz CT molecular complexity index is 537. The molecular formula is C16H21NO4. The zero-order valence-corrected chi connectivity index (χ0v) is 12.3. The lowest BCUT2D eigenvalue weighted by Gasteiger charge is -2.36. The van der Waals surface area contributed by atoms with E-state index in [9.17, 15) is 4.79 Å². The fourth-order valence-corrected chi connectivity index (χ4v) is 3.04. The Morgan fingerprint density at radius 1 is 1.43 bits per heavy atom. The van der Waals surface area contributed by atoms with Gasteiger partial charge in [0, 0.05) is 31.6 Å². The molecule has 2 unspecified atom stereocenters. The minimum absolute atomic E-state index is 0.117. The number of carbonyl (C=O) groups excluding carboxylic acids is 1. The Kier molecular flexibility index (Phi) is 3.87. The van der Waals surface area contributed by atoms with Crippen molar-refractivity contribution in [1.82, 2.24) is 0 Å². The number of rotatable bonds is 2. The highest BCUT2D eigenvalue weighted by atomic mass is 16.6. The monoisotopic (exact) mass is 291 g/mol. The van der Waals surface area contributed by atoms with E-state index in [-0.39, 0.29) is 17.7 Å². The summed E-state index contributed by atoms with van der Waals surface area (Å²) in [5.41, 5.74) is 7.51. The number of hydrogen-bond acceptors (Lipinski definition) is 5. The summed E-state index contributed by atoms with van der Waals surface area (Å²) in [4.78, 5) is 12.3. The molecule has 2 atom stereocenters. The van der Waals surface area contributed by atoms with Crippen LogP contribution in [0.15, 0.2) is 18.2 Å². The van der Waals surface area contributed by atoms with Crippen LogP contribution in [0.1, 0.15) is 35.2 Å². The maximum atomic E-state index is 12.3. The van der Waals surface area contributed by atoms with Crippen LogP contribution in [0.25, 0.3) is 0 Å². The van der Waals surface area contributed by atoms with E-state index in [1.54, 1.807) is 18.2 Å². The van der Waals surface area contributed by atoms with E-state index in [2.05, 4.69) is 0 Å². The van der Waals surface area contributed by atoms with Crippen molar-refractivity contribution in [2.24, 2.45) is 0 Å². The largest absolute Gasteiger partial charge is 0.459 e. The average molecular weight is 291 g/mol. The maximum absolute atomic E-state index is 12.3. The van der Waals surface area contributed by atoms with Crippen molar-refractivity contribution in [3.63, 3.8) is 0 Å². The first kappa shape index (κ1) is 14.4. The fourth-order valence-electron chi connectivity index (χ4n) is 3.04. The first-order valence-corrected chi connectivity index (χ1v) is 7.37. The summed E-state index contributed by atoms with van der Waals surface area (Å²) >= 11 is 0. The Hall–Kier alpha value is -1.59. The first-order chi connectivity index (χ1) is 10.1. The number of benzene rings is 1. The van der Waals surface area contributed by atoms with E-state index >= 15 is 0 Å². The molecule has 114 valence electrons. The van der Waals surface area contributed by atoms with Crippen molar-refractivity contribution in [2.45, 2.75) is 37.9 Å². The highest BCUT2D eigenvalue weighted by Gasteiger charge is 2.42. The second-order valence-electron chi connectivity index (χ2n) is 5.87. The van der Waals surface area contributed by atoms with Crippen molar-refractivity contribution in [2.75, 3.05) is 25.6 Å². The minimum Gasteiger partial charge on any atom is -0.459 e. The van der Waals surface area contributed by atoms with Crippen molar-refractivity contribution < 1.29 is 19.0 Å². The Labute approximate surface area is 124 Å². The van der Waals surface area contributed by atoms with Gasteiger partial charge in [0.25, 0.3) is 0 Å². The van der Waals surface area contributed by atoms with Gasteiger partial charge >= 0.3 is 5.97 Å². The van der Waals surface area contributed by atoms with E-state index in [0.717, 1.165) is 25.0 Å². The van der Waals surface area contributed by atoms with E-state index in [1.165, 1.54) is 0 Å². The number of nitrogens with two attached hydrogens (primary N) is 1. The Morgan fingerprint density at radius 2 is 2.29 bits per heavy atom. The van der Waals surface area contributed by atoms with Crippen LogP contribution >= 0.6 is 0 Å². The molecule has 21 heavy (non-hydrogen) atoms. The third-order valence-electron chi connectivity index (χ3n) is 4.38. The summed E-state index contributed by atoms with van der Waals surface area (Å²) in [6.45, 7) is 3.76. The van der Waals surface area contributed by atoms with E-state index in [0.29, 0.717) is 30.9 Å². The normalized spacial score (nSPS) is 28.7.